The number of nitrogens with one attached hydrogen (secondary N) is 1. The summed E-state index contributed by atoms with van der Waals surface area (Å²) in [5, 5.41) is 9.20. The standard InChI is InChI=1S/C17H13FN6OS/c18-12-3-1-2-11(8-12)15-22-17-24(23-15)13(10-26-17)4-5-21-16(25)14-9-19-6-7-20-14/h1-3,6-10H,4-5H2,(H,21,25). The van der Waals surface area contributed by atoms with Crippen LogP contribution >= 0.6 is 11.3 Å². The molecule has 0 spiro atoms. The molecule has 3 aromatic heterocycles. The van der Waals surface area contributed by atoms with Crippen molar-refractivity contribution in [2.75, 3.05) is 6.54 Å². The Labute approximate surface area is 151 Å². The number of carbonyl (C=O) groups excluding carboxylic acids is 1. The molecular weight excluding hydrogens is 355 g/mol. The lowest BCUT2D eigenvalue weighted by atomic mass is 10.2. The molecular formula is C17H13FN6OS. The van der Waals surface area contributed by atoms with Gasteiger partial charge in [-0.15, -0.1) is 16.4 Å². The molecule has 0 aliphatic heterocycles. The molecule has 4 aromatic rings. The molecule has 9 heteroatoms. The maximum atomic E-state index is 13.4. The van der Waals surface area contributed by atoms with E-state index in [1.165, 1.54) is 42.1 Å². The minimum atomic E-state index is -0.326. The van der Waals surface area contributed by atoms with Gasteiger partial charge >= 0.3 is 0 Å². The molecule has 3 heterocycles. The lowest BCUT2D eigenvalue weighted by molar-refractivity contribution is 0.0948. The first kappa shape index (κ1) is 16.3. The number of carbonyl (C=O) groups is 1. The Morgan fingerprint density at radius 1 is 1.31 bits per heavy atom. The Balaban J connectivity index is 1.47. The molecule has 0 aliphatic carbocycles. The van der Waals surface area contributed by atoms with Gasteiger partial charge in [-0.2, -0.15) is 4.98 Å². The lowest BCUT2D eigenvalue weighted by Gasteiger charge is -2.03. The topological polar surface area (TPSA) is 85.1 Å². The number of thiazole rings is 1. The smallest absolute Gasteiger partial charge is 0.271 e. The van der Waals surface area contributed by atoms with Gasteiger partial charge in [0.1, 0.15) is 11.5 Å². The van der Waals surface area contributed by atoms with Crippen molar-refractivity contribution in [1.29, 1.82) is 0 Å². The number of halogens is 1. The first-order valence-electron chi connectivity index (χ1n) is 7.84. The van der Waals surface area contributed by atoms with Crippen LogP contribution < -0.4 is 5.32 Å². The molecule has 130 valence electrons. The number of hydrogen-bond acceptors (Lipinski definition) is 6. The van der Waals surface area contributed by atoms with Crippen molar-refractivity contribution in [3.05, 3.63) is 65.4 Å². The molecule has 0 atom stereocenters. The highest BCUT2D eigenvalue weighted by molar-refractivity contribution is 7.15. The van der Waals surface area contributed by atoms with Crippen molar-refractivity contribution in [1.82, 2.24) is 29.9 Å². The van der Waals surface area contributed by atoms with Crippen LogP contribution in [0.5, 0.6) is 0 Å². The Kier molecular flexibility index (Phi) is 4.36. The quantitative estimate of drug-likeness (QED) is 0.584. The van der Waals surface area contributed by atoms with Crippen LogP contribution in [0.2, 0.25) is 0 Å². The maximum absolute atomic E-state index is 13.4. The highest BCUT2D eigenvalue weighted by Gasteiger charge is 2.12. The van der Waals surface area contributed by atoms with E-state index in [1.54, 1.807) is 16.6 Å². The third kappa shape index (κ3) is 3.29. The van der Waals surface area contributed by atoms with E-state index in [1.807, 2.05) is 5.38 Å². The normalized spacial score (nSPS) is 11.0. The second-order valence-electron chi connectivity index (χ2n) is 5.46. The van der Waals surface area contributed by atoms with Gasteiger partial charge in [-0.25, -0.2) is 13.9 Å². The molecule has 0 fully saturated rings. The molecule has 1 aromatic carbocycles. The fourth-order valence-electron chi connectivity index (χ4n) is 2.46. The summed E-state index contributed by atoms with van der Waals surface area (Å²) in [6, 6.07) is 6.18. The predicted octanol–water partition coefficient (Wildman–Crippen LogP) is 2.36. The summed E-state index contributed by atoms with van der Waals surface area (Å²) in [4.78, 5) is 25.0. The van der Waals surface area contributed by atoms with Crippen LogP contribution in [0.4, 0.5) is 4.39 Å². The molecule has 0 saturated carbocycles. The van der Waals surface area contributed by atoms with Crippen molar-refractivity contribution in [2.24, 2.45) is 0 Å². The molecule has 4 rings (SSSR count). The molecule has 1 N–H and O–H groups in total. The molecule has 1 amide bonds. The number of benzene rings is 1. The third-order valence-electron chi connectivity index (χ3n) is 3.70. The van der Waals surface area contributed by atoms with Gasteiger partial charge in [0, 0.05) is 36.3 Å². The van der Waals surface area contributed by atoms with E-state index in [9.17, 15) is 9.18 Å². The average molecular weight is 368 g/mol. The maximum Gasteiger partial charge on any atom is 0.271 e. The van der Waals surface area contributed by atoms with Crippen LogP contribution in [0, 0.1) is 5.82 Å². The van der Waals surface area contributed by atoms with Gasteiger partial charge in [0.15, 0.2) is 5.82 Å². The lowest BCUT2D eigenvalue weighted by Crippen LogP contribution is -2.26. The van der Waals surface area contributed by atoms with Crippen LogP contribution in [0.15, 0.2) is 48.2 Å². The van der Waals surface area contributed by atoms with Crippen molar-refractivity contribution in [2.45, 2.75) is 6.42 Å². The molecule has 7 nitrogen and oxygen atoms in total. The molecule has 0 bridgehead atoms. The second-order valence-corrected chi connectivity index (χ2v) is 6.30. The average Bonchev–Trinajstić information content (AvgIpc) is 3.24. The van der Waals surface area contributed by atoms with Crippen LogP contribution in [-0.2, 0) is 6.42 Å². The van der Waals surface area contributed by atoms with Gasteiger partial charge in [0.05, 0.1) is 11.9 Å². The van der Waals surface area contributed by atoms with Crippen LogP contribution in [0.1, 0.15) is 16.2 Å². The number of aromatic nitrogens is 5. The molecule has 0 aliphatic rings. The Morgan fingerprint density at radius 3 is 3.04 bits per heavy atom. The zero-order valence-electron chi connectivity index (χ0n) is 13.5. The number of amides is 1. The van der Waals surface area contributed by atoms with Gasteiger partial charge < -0.3 is 5.32 Å². The molecule has 0 unspecified atom stereocenters. The van der Waals surface area contributed by atoms with Gasteiger partial charge in [-0.3, -0.25) is 9.78 Å². The first-order valence-corrected chi connectivity index (χ1v) is 8.72. The summed E-state index contributed by atoms with van der Waals surface area (Å²) in [5.74, 6) is -0.127. The zero-order chi connectivity index (χ0) is 17.9. The molecule has 0 saturated heterocycles. The summed E-state index contributed by atoms with van der Waals surface area (Å²) in [6.07, 6.45) is 4.99. The molecule has 0 radical (unpaired) electrons. The highest BCUT2D eigenvalue weighted by Crippen LogP contribution is 2.21. The van der Waals surface area contributed by atoms with Crippen molar-refractivity contribution >= 4 is 22.2 Å². The fourth-order valence-corrected chi connectivity index (χ4v) is 3.31. The minimum Gasteiger partial charge on any atom is -0.350 e. The van der Waals surface area contributed by atoms with Crippen molar-refractivity contribution in [3.63, 3.8) is 0 Å². The Morgan fingerprint density at radius 2 is 2.23 bits per heavy atom. The third-order valence-corrected chi connectivity index (χ3v) is 4.56. The summed E-state index contributed by atoms with van der Waals surface area (Å²) >= 11 is 1.45. The van der Waals surface area contributed by atoms with E-state index in [2.05, 4.69) is 25.4 Å². The predicted molar refractivity (Wildman–Crippen MR) is 94.3 cm³/mol. The highest BCUT2D eigenvalue weighted by atomic mass is 32.1. The fraction of sp³-hybridized carbons (Fsp3) is 0.118. The Bertz CT molecular complexity index is 1060. The van der Waals surface area contributed by atoms with Gasteiger partial charge in [0.25, 0.3) is 5.91 Å². The van der Waals surface area contributed by atoms with E-state index in [4.69, 9.17) is 0 Å². The number of rotatable bonds is 5. The van der Waals surface area contributed by atoms with E-state index < -0.39 is 0 Å². The SMILES string of the molecule is O=C(NCCc1csc2nc(-c3cccc(F)c3)nn12)c1cnccn1. The largest absolute Gasteiger partial charge is 0.350 e. The summed E-state index contributed by atoms with van der Waals surface area (Å²) in [5.41, 5.74) is 1.82. The van der Waals surface area contributed by atoms with E-state index in [-0.39, 0.29) is 17.4 Å². The number of hydrogen-bond donors (Lipinski definition) is 1. The monoisotopic (exact) mass is 368 g/mol. The summed E-state index contributed by atoms with van der Waals surface area (Å²) in [7, 11) is 0. The van der Waals surface area contributed by atoms with Gasteiger partial charge in [-0.05, 0) is 12.1 Å². The molecule has 26 heavy (non-hydrogen) atoms. The summed E-state index contributed by atoms with van der Waals surface area (Å²) in [6.45, 7) is 0.427. The van der Waals surface area contributed by atoms with Gasteiger partial charge in [0.2, 0.25) is 4.96 Å². The van der Waals surface area contributed by atoms with Crippen LogP contribution in [0.25, 0.3) is 16.3 Å². The minimum absolute atomic E-state index is 0.274. The van der Waals surface area contributed by atoms with E-state index in [0.29, 0.717) is 24.4 Å². The van der Waals surface area contributed by atoms with Crippen LogP contribution in [0.3, 0.4) is 0 Å². The first-order chi connectivity index (χ1) is 12.7. The summed E-state index contributed by atoms with van der Waals surface area (Å²) < 4.78 is 15.1. The van der Waals surface area contributed by atoms with E-state index in [0.717, 1.165) is 10.7 Å². The van der Waals surface area contributed by atoms with E-state index >= 15 is 0 Å². The van der Waals surface area contributed by atoms with Crippen molar-refractivity contribution in [3.8, 4) is 11.4 Å². The zero-order valence-corrected chi connectivity index (χ0v) is 14.3. The number of fused-ring (bicyclic) bond motifs is 1. The van der Waals surface area contributed by atoms with Crippen molar-refractivity contribution < 1.29 is 9.18 Å². The Hall–Kier alpha value is -3.20. The van der Waals surface area contributed by atoms with Crippen LogP contribution in [-0.4, -0.2) is 37.0 Å². The van der Waals surface area contributed by atoms with Gasteiger partial charge in [-0.1, -0.05) is 12.1 Å². The second kappa shape index (κ2) is 6.96. The number of nitrogens with zero attached hydrogens (tertiary/aromatic N) is 5.